The molecule has 0 saturated heterocycles. The van der Waals surface area contributed by atoms with E-state index in [4.69, 9.17) is 11.6 Å². The number of anilines is 1. The van der Waals surface area contributed by atoms with E-state index in [0.717, 1.165) is 5.56 Å². The van der Waals surface area contributed by atoms with Gasteiger partial charge in [0.05, 0.1) is 17.7 Å². The van der Waals surface area contributed by atoms with Crippen molar-refractivity contribution in [1.29, 1.82) is 0 Å². The van der Waals surface area contributed by atoms with Crippen molar-refractivity contribution in [2.75, 3.05) is 11.8 Å². The van der Waals surface area contributed by atoms with Crippen LogP contribution < -0.4 is 4.72 Å². The number of aromatic nitrogens is 1. The van der Waals surface area contributed by atoms with Gasteiger partial charge in [-0.15, -0.1) is 0 Å². The molecule has 0 bridgehead atoms. The summed E-state index contributed by atoms with van der Waals surface area (Å²) < 4.78 is 33.0. The number of hydrogen-bond acceptors (Lipinski definition) is 6. The molecule has 2 aromatic carbocycles. The standard InChI is InChI=1S/C23H21ClN2O5S/c1-15-13-17(11-12-25-15)23(28)20-14-18(24)6-9-21(20)26-32(29,30)19-7-3-16(4-8-19)5-10-22(27)31-2/h3-4,6-9,11-14,26H,5,10H2,1-2H3. The molecule has 0 saturated carbocycles. The highest BCUT2D eigenvalue weighted by Gasteiger charge is 2.20. The average Bonchev–Trinajstić information content (AvgIpc) is 2.78. The summed E-state index contributed by atoms with van der Waals surface area (Å²) in [6, 6.07) is 13.7. The van der Waals surface area contributed by atoms with Gasteiger partial charge in [-0.2, -0.15) is 0 Å². The van der Waals surface area contributed by atoms with E-state index in [1.54, 1.807) is 31.2 Å². The second kappa shape index (κ2) is 9.93. The summed E-state index contributed by atoms with van der Waals surface area (Å²) in [5.41, 5.74) is 2.07. The Bertz CT molecular complexity index is 1260. The van der Waals surface area contributed by atoms with Crippen molar-refractivity contribution in [2.45, 2.75) is 24.7 Å². The fourth-order valence-electron chi connectivity index (χ4n) is 3.02. The lowest BCUT2D eigenvalue weighted by atomic mass is 10.0. The largest absolute Gasteiger partial charge is 0.469 e. The van der Waals surface area contributed by atoms with Crippen molar-refractivity contribution in [2.24, 2.45) is 0 Å². The molecule has 1 aromatic heterocycles. The second-order valence-corrected chi connectivity index (χ2v) is 9.15. The third-order valence-electron chi connectivity index (χ3n) is 4.71. The number of aryl methyl sites for hydroxylation is 2. The van der Waals surface area contributed by atoms with Crippen LogP contribution in [0.4, 0.5) is 5.69 Å². The summed E-state index contributed by atoms with van der Waals surface area (Å²) in [5, 5.41) is 0.303. The number of esters is 1. The van der Waals surface area contributed by atoms with Gasteiger partial charge >= 0.3 is 5.97 Å². The van der Waals surface area contributed by atoms with Crippen LogP contribution in [0.15, 0.2) is 65.7 Å². The molecular weight excluding hydrogens is 452 g/mol. The van der Waals surface area contributed by atoms with Crippen molar-refractivity contribution in [3.8, 4) is 0 Å². The zero-order chi connectivity index (χ0) is 23.3. The first kappa shape index (κ1) is 23.4. The Morgan fingerprint density at radius 1 is 1.06 bits per heavy atom. The molecule has 32 heavy (non-hydrogen) atoms. The Kier molecular flexibility index (Phi) is 7.27. The van der Waals surface area contributed by atoms with E-state index in [2.05, 4.69) is 14.4 Å². The molecule has 1 N–H and O–H groups in total. The number of pyridine rings is 1. The van der Waals surface area contributed by atoms with Crippen LogP contribution in [0, 0.1) is 6.92 Å². The molecule has 166 valence electrons. The SMILES string of the molecule is COC(=O)CCc1ccc(S(=O)(=O)Nc2ccc(Cl)cc2C(=O)c2ccnc(C)c2)cc1. The number of carbonyl (C=O) groups is 2. The molecule has 0 spiro atoms. The van der Waals surface area contributed by atoms with E-state index in [1.165, 1.54) is 43.6 Å². The highest BCUT2D eigenvalue weighted by atomic mass is 35.5. The van der Waals surface area contributed by atoms with Crippen molar-refractivity contribution in [3.05, 3.63) is 88.2 Å². The molecule has 0 aliphatic carbocycles. The normalized spacial score (nSPS) is 11.1. The number of sulfonamides is 1. The minimum absolute atomic E-state index is 0.0208. The predicted molar refractivity (Wildman–Crippen MR) is 121 cm³/mol. The van der Waals surface area contributed by atoms with Gasteiger partial charge < -0.3 is 4.74 Å². The van der Waals surface area contributed by atoms with Crippen LogP contribution in [0.2, 0.25) is 5.02 Å². The van der Waals surface area contributed by atoms with Gasteiger partial charge in [0.15, 0.2) is 5.78 Å². The number of rotatable bonds is 8. The van der Waals surface area contributed by atoms with Gasteiger partial charge in [-0.05, 0) is 61.4 Å². The number of methoxy groups -OCH3 is 1. The van der Waals surface area contributed by atoms with Gasteiger partial charge in [-0.25, -0.2) is 8.42 Å². The van der Waals surface area contributed by atoms with Crippen LogP contribution in [-0.4, -0.2) is 32.3 Å². The molecule has 1 heterocycles. The molecule has 0 atom stereocenters. The van der Waals surface area contributed by atoms with Gasteiger partial charge in [-0.1, -0.05) is 23.7 Å². The van der Waals surface area contributed by atoms with Crippen molar-refractivity contribution in [1.82, 2.24) is 4.98 Å². The monoisotopic (exact) mass is 472 g/mol. The molecule has 0 radical (unpaired) electrons. The lowest BCUT2D eigenvalue weighted by molar-refractivity contribution is -0.140. The minimum Gasteiger partial charge on any atom is -0.469 e. The summed E-state index contributed by atoms with van der Waals surface area (Å²) in [6.07, 6.45) is 2.14. The van der Waals surface area contributed by atoms with Crippen LogP contribution in [0.5, 0.6) is 0 Å². The molecule has 0 amide bonds. The molecule has 0 fully saturated rings. The molecule has 3 rings (SSSR count). The van der Waals surface area contributed by atoms with E-state index in [9.17, 15) is 18.0 Å². The Morgan fingerprint density at radius 3 is 2.44 bits per heavy atom. The number of benzene rings is 2. The van der Waals surface area contributed by atoms with E-state index >= 15 is 0 Å². The summed E-state index contributed by atoms with van der Waals surface area (Å²) >= 11 is 6.07. The van der Waals surface area contributed by atoms with E-state index in [0.29, 0.717) is 22.7 Å². The predicted octanol–water partition coefficient (Wildman–Crippen LogP) is 4.18. The minimum atomic E-state index is -3.97. The van der Waals surface area contributed by atoms with Crippen molar-refractivity contribution in [3.63, 3.8) is 0 Å². The second-order valence-electron chi connectivity index (χ2n) is 7.03. The highest BCUT2D eigenvalue weighted by Crippen LogP contribution is 2.26. The maximum absolute atomic E-state index is 13.0. The summed E-state index contributed by atoms with van der Waals surface area (Å²) in [5.74, 6) is -0.721. The third kappa shape index (κ3) is 5.72. The van der Waals surface area contributed by atoms with Gasteiger partial charge in [-0.3, -0.25) is 19.3 Å². The van der Waals surface area contributed by atoms with E-state index in [-0.39, 0.29) is 34.3 Å². The summed E-state index contributed by atoms with van der Waals surface area (Å²) in [7, 11) is -2.66. The number of nitrogens with one attached hydrogen (secondary N) is 1. The topological polar surface area (TPSA) is 102 Å². The van der Waals surface area contributed by atoms with Crippen molar-refractivity contribution < 1.29 is 22.7 Å². The first-order chi connectivity index (χ1) is 15.2. The molecule has 0 unspecified atom stereocenters. The molecule has 0 aliphatic heterocycles. The van der Waals surface area contributed by atoms with Gasteiger partial charge in [0.2, 0.25) is 0 Å². The lowest BCUT2D eigenvalue weighted by Gasteiger charge is -2.13. The molecule has 0 aliphatic rings. The fraction of sp³-hybridized carbons (Fsp3) is 0.174. The quantitative estimate of drug-likeness (QED) is 0.389. The maximum atomic E-state index is 13.0. The maximum Gasteiger partial charge on any atom is 0.305 e. The first-order valence-electron chi connectivity index (χ1n) is 9.65. The number of nitrogens with zero attached hydrogens (tertiary/aromatic N) is 1. The smallest absolute Gasteiger partial charge is 0.305 e. The highest BCUT2D eigenvalue weighted by molar-refractivity contribution is 7.92. The van der Waals surface area contributed by atoms with Crippen LogP contribution >= 0.6 is 11.6 Å². The Morgan fingerprint density at radius 2 is 1.78 bits per heavy atom. The number of carbonyl (C=O) groups excluding carboxylic acids is 2. The zero-order valence-corrected chi connectivity index (χ0v) is 19.0. The number of hydrogen-bond donors (Lipinski definition) is 1. The molecule has 7 nitrogen and oxygen atoms in total. The first-order valence-corrected chi connectivity index (χ1v) is 11.5. The Hall–Kier alpha value is -3.23. The fourth-order valence-corrected chi connectivity index (χ4v) is 4.27. The molecule has 9 heteroatoms. The number of ether oxygens (including phenoxy) is 1. The van der Waals surface area contributed by atoms with Crippen LogP contribution in [0.3, 0.4) is 0 Å². The number of halogens is 1. The third-order valence-corrected chi connectivity index (χ3v) is 6.33. The lowest BCUT2D eigenvalue weighted by Crippen LogP contribution is -2.16. The van der Waals surface area contributed by atoms with Gasteiger partial charge in [0, 0.05) is 34.5 Å². The van der Waals surface area contributed by atoms with Crippen LogP contribution in [0.1, 0.15) is 33.6 Å². The van der Waals surface area contributed by atoms with E-state index < -0.39 is 10.0 Å². The summed E-state index contributed by atoms with van der Waals surface area (Å²) in [4.78, 5) is 28.4. The Labute approximate surface area is 191 Å². The molecular formula is C23H21ClN2O5S. The summed E-state index contributed by atoms with van der Waals surface area (Å²) in [6.45, 7) is 1.76. The zero-order valence-electron chi connectivity index (χ0n) is 17.5. The van der Waals surface area contributed by atoms with Crippen LogP contribution in [0.25, 0.3) is 0 Å². The van der Waals surface area contributed by atoms with E-state index in [1.807, 2.05) is 0 Å². The molecule has 3 aromatic rings. The van der Waals surface area contributed by atoms with Gasteiger partial charge in [0.1, 0.15) is 0 Å². The number of ketones is 1. The van der Waals surface area contributed by atoms with Crippen molar-refractivity contribution >= 4 is 39.1 Å². The average molecular weight is 473 g/mol. The van der Waals surface area contributed by atoms with Crippen LogP contribution in [-0.2, 0) is 26.0 Å². The Balaban J connectivity index is 1.86. The van der Waals surface area contributed by atoms with Gasteiger partial charge in [0.25, 0.3) is 10.0 Å².